The van der Waals surface area contributed by atoms with Gasteiger partial charge in [0.25, 0.3) is 5.91 Å². The van der Waals surface area contributed by atoms with Crippen LogP contribution in [0.1, 0.15) is 72.0 Å². The Morgan fingerprint density at radius 1 is 1.29 bits per heavy atom. The first-order valence-electron chi connectivity index (χ1n) is 10.7. The summed E-state index contributed by atoms with van der Waals surface area (Å²) in [6.07, 6.45) is 2.77. The van der Waals surface area contributed by atoms with E-state index >= 15 is 0 Å². The van der Waals surface area contributed by atoms with Crippen LogP contribution in [0.25, 0.3) is 0 Å². The number of carbonyl (C=O) groups is 2. The molecule has 1 aromatic heterocycles. The van der Waals surface area contributed by atoms with Crippen molar-refractivity contribution in [3.63, 3.8) is 0 Å². The average molecular weight is 443 g/mol. The van der Waals surface area contributed by atoms with Crippen LogP contribution in [0.2, 0.25) is 0 Å². The van der Waals surface area contributed by atoms with Crippen LogP contribution >= 0.6 is 11.3 Å². The Balaban J connectivity index is 2.07. The molecule has 166 valence electrons. The summed E-state index contributed by atoms with van der Waals surface area (Å²) >= 11 is 1.28. The van der Waals surface area contributed by atoms with Crippen LogP contribution in [0.15, 0.2) is 35.6 Å². The van der Waals surface area contributed by atoms with Gasteiger partial charge in [-0.2, -0.15) is 0 Å². The first-order valence-corrected chi connectivity index (χ1v) is 11.6. The lowest BCUT2D eigenvalue weighted by atomic mass is 9.94. The van der Waals surface area contributed by atoms with Crippen molar-refractivity contribution in [1.29, 1.82) is 0 Å². The Labute approximate surface area is 187 Å². The molecule has 1 aromatic carbocycles. The number of ketones is 1. The minimum absolute atomic E-state index is 0.00557. The molecule has 1 atom stereocenters. The zero-order chi connectivity index (χ0) is 22.7. The highest BCUT2D eigenvalue weighted by molar-refractivity contribution is 7.14. The number of aliphatic hydroxyl groups is 1. The van der Waals surface area contributed by atoms with E-state index in [2.05, 4.69) is 11.9 Å². The number of aliphatic hydroxyl groups excluding tert-OH is 1. The number of rotatable bonds is 9. The lowest BCUT2D eigenvalue weighted by Gasteiger charge is -2.27. The molecule has 0 saturated carbocycles. The van der Waals surface area contributed by atoms with Gasteiger partial charge in [-0.05, 0) is 51.8 Å². The molecule has 0 spiro atoms. The predicted octanol–water partition coefficient (Wildman–Crippen LogP) is 5.32. The molecule has 0 radical (unpaired) electrons. The monoisotopic (exact) mass is 442 g/mol. The summed E-state index contributed by atoms with van der Waals surface area (Å²) in [7, 11) is 0. The SMILES string of the molecule is CCCCCN1C(=O)C(O)=C(C(=O)c2sc(C)nc2C)C1c1cccc(OC(C)C)c1. The summed E-state index contributed by atoms with van der Waals surface area (Å²) in [6.45, 7) is 10.1. The molecule has 1 N–H and O–H groups in total. The number of aryl methyl sites for hydroxylation is 2. The van der Waals surface area contributed by atoms with Crippen LogP contribution in [0, 0.1) is 13.8 Å². The second-order valence-electron chi connectivity index (χ2n) is 8.09. The fourth-order valence-corrected chi connectivity index (χ4v) is 4.76. The van der Waals surface area contributed by atoms with Gasteiger partial charge in [-0.1, -0.05) is 31.9 Å². The molecule has 2 heterocycles. The second kappa shape index (κ2) is 9.64. The van der Waals surface area contributed by atoms with E-state index < -0.39 is 17.7 Å². The highest BCUT2D eigenvalue weighted by Gasteiger charge is 2.44. The zero-order valence-electron chi connectivity index (χ0n) is 18.8. The Morgan fingerprint density at radius 2 is 2.03 bits per heavy atom. The summed E-state index contributed by atoms with van der Waals surface area (Å²) in [6, 6.07) is 6.76. The van der Waals surface area contributed by atoms with Gasteiger partial charge in [-0.3, -0.25) is 9.59 Å². The Hall–Kier alpha value is -2.67. The average Bonchev–Trinajstić information content (AvgIpc) is 3.18. The molecule has 2 aromatic rings. The number of benzene rings is 1. The lowest BCUT2D eigenvalue weighted by Crippen LogP contribution is -2.32. The van der Waals surface area contributed by atoms with Gasteiger partial charge in [0.1, 0.15) is 5.75 Å². The molecule has 7 heteroatoms. The van der Waals surface area contributed by atoms with E-state index in [1.165, 1.54) is 11.3 Å². The third-order valence-corrected chi connectivity index (χ3v) is 6.28. The van der Waals surface area contributed by atoms with E-state index in [9.17, 15) is 14.7 Å². The number of ether oxygens (including phenoxy) is 1. The summed E-state index contributed by atoms with van der Waals surface area (Å²) in [4.78, 5) is 32.9. The maximum atomic E-state index is 13.5. The van der Waals surface area contributed by atoms with E-state index in [0.717, 1.165) is 29.8 Å². The van der Waals surface area contributed by atoms with E-state index in [0.29, 0.717) is 22.9 Å². The molecule has 0 fully saturated rings. The van der Waals surface area contributed by atoms with Crippen molar-refractivity contribution in [3.05, 3.63) is 56.7 Å². The number of carbonyl (C=O) groups excluding carboxylic acids is 2. The molecule has 1 aliphatic heterocycles. The number of amides is 1. The standard InChI is InChI=1S/C24H30N2O4S/c1-6-7-8-12-26-20(17-10-9-11-18(13-17)30-14(2)3)19(22(28)24(26)29)21(27)23-15(4)25-16(5)31-23/h9-11,13-14,20,28H,6-8,12H2,1-5H3. The highest BCUT2D eigenvalue weighted by atomic mass is 32.1. The van der Waals surface area contributed by atoms with Crippen LogP contribution in [-0.2, 0) is 4.79 Å². The Morgan fingerprint density at radius 3 is 2.65 bits per heavy atom. The zero-order valence-corrected chi connectivity index (χ0v) is 19.6. The molecule has 0 bridgehead atoms. The van der Waals surface area contributed by atoms with Crippen molar-refractivity contribution < 1.29 is 19.4 Å². The smallest absolute Gasteiger partial charge is 0.290 e. The summed E-state index contributed by atoms with van der Waals surface area (Å²) in [5.74, 6) is -0.644. The van der Waals surface area contributed by atoms with Gasteiger partial charge in [0.2, 0.25) is 5.78 Å². The van der Waals surface area contributed by atoms with E-state index in [-0.39, 0.29) is 17.5 Å². The predicted molar refractivity (Wildman–Crippen MR) is 122 cm³/mol. The fourth-order valence-electron chi connectivity index (χ4n) is 3.89. The maximum Gasteiger partial charge on any atom is 0.290 e. The van der Waals surface area contributed by atoms with Crippen molar-refractivity contribution in [2.24, 2.45) is 0 Å². The normalized spacial score (nSPS) is 16.5. The van der Waals surface area contributed by atoms with Crippen molar-refractivity contribution in [1.82, 2.24) is 9.88 Å². The van der Waals surface area contributed by atoms with Gasteiger partial charge >= 0.3 is 0 Å². The van der Waals surface area contributed by atoms with E-state index in [1.807, 2.05) is 45.0 Å². The number of Topliss-reactive ketones (excluding diaryl/α,β-unsaturated/α-hetero) is 1. The lowest BCUT2D eigenvalue weighted by molar-refractivity contribution is -0.129. The summed E-state index contributed by atoms with van der Waals surface area (Å²) in [5.41, 5.74) is 1.48. The van der Waals surface area contributed by atoms with Gasteiger partial charge in [-0.25, -0.2) is 4.98 Å². The van der Waals surface area contributed by atoms with Crippen molar-refractivity contribution in [2.45, 2.75) is 66.0 Å². The maximum absolute atomic E-state index is 13.5. The Kier molecular flexibility index (Phi) is 7.15. The van der Waals surface area contributed by atoms with Crippen LogP contribution < -0.4 is 4.74 Å². The molecule has 1 amide bonds. The number of hydrogen-bond donors (Lipinski definition) is 1. The first kappa shape index (κ1) is 23.0. The molecule has 6 nitrogen and oxygen atoms in total. The van der Waals surface area contributed by atoms with Crippen LogP contribution in [-0.4, -0.2) is 39.3 Å². The second-order valence-corrected chi connectivity index (χ2v) is 9.29. The van der Waals surface area contributed by atoms with Crippen molar-refractivity contribution in [3.8, 4) is 5.75 Å². The molecule has 1 aliphatic rings. The molecular weight excluding hydrogens is 412 g/mol. The fraction of sp³-hybridized carbons (Fsp3) is 0.458. The minimum Gasteiger partial charge on any atom is -0.503 e. The molecule has 31 heavy (non-hydrogen) atoms. The topological polar surface area (TPSA) is 79.7 Å². The van der Waals surface area contributed by atoms with Crippen molar-refractivity contribution in [2.75, 3.05) is 6.54 Å². The molecular formula is C24H30N2O4S. The van der Waals surface area contributed by atoms with Gasteiger partial charge < -0.3 is 14.7 Å². The molecule has 1 unspecified atom stereocenters. The number of unbranched alkanes of at least 4 members (excludes halogenated alkanes) is 2. The van der Waals surface area contributed by atoms with Crippen LogP contribution in [0.3, 0.4) is 0 Å². The van der Waals surface area contributed by atoms with Crippen LogP contribution in [0.4, 0.5) is 0 Å². The number of nitrogens with zero attached hydrogens (tertiary/aromatic N) is 2. The minimum atomic E-state index is -0.658. The highest BCUT2D eigenvalue weighted by Crippen LogP contribution is 2.41. The largest absolute Gasteiger partial charge is 0.503 e. The van der Waals surface area contributed by atoms with Gasteiger partial charge in [0.05, 0.1) is 33.3 Å². The number of aromatic nitrogens is 1. The van der Waals surface area contributed by atoms with E-state index in [4.69, 9.17) is 4.74 Å². The number of thiazole rings is 1. The first-order chi connectivity index (χ1) is 14.7. The van der Waals surface area contributed by atoms with E-state index in [1.54, 1.807) is 11.8 Å². The third kappa shape index (κ3) is 4.82. The van der Waals surface area contributed by atoms with Crippen molar-refractivity contribution >= 4 is 23.0 Å². The molecule has 3 rings (SSSR count). The van der Waals surface area contributed by atoms with Gasteiger partial charge in [0, 0.05) is 6.54 Å². The quantitative estimate of drug-likeness (QED) is 0.420. The molecule has 0 aliphatic carbocycles. The van der Waals surface area contributed by atoms with Gasteiger partial charge in [0.15, 0.2) is 5.76 Å². The summed E-state index contributed by atoms with van der Waals surface area (Å²) in [5, 5.41) is 11.6. The summed E-state index contributed by atoms with van der Waals surface area (Å²) < 4.78 is 5.83. The van der Waals surface area contributed by atoms with Crippen LogP contribution in [0.5, 0.6) is 5.75 Å². The van der Waals surface area contributed by atoms with Gasteiger partial charge in [-0.15, -0.1) is 11.3 Å². The number of hydrogen-bond acceptors (Lipinski definition) is 6. The Bertz CT molecular complexity index is 1010. The molecule has 0 saturated heterocycles. The third-order valence-electron chi connectivity index (χ3n) is 5.21.